The maximum atomic E-state index is 9.91. The normalized spacial score (nSPS) is 11.6. The van der Waals surface area contributed by atoms with Crippen LogP contribution in [0.5, 0.6) is 0 Å². The maximum Gasteiger partial charge on any atom is 0.133 e. The molecule has 0 spiro atoms. The Morgan fingerprint density at radius 1 is 1.41 bits per heavy atom. The highest BCUT2D eigenvalue weighted by Crippen LogP contribution is 2.20. The summed E-state index contributed by atoms with van der Waals surface area (Å²) in [5.41, 5.74) is 6.96. The van der Waals surface area contributed by atoms with Crippen LogP contribution in [0.4, 0.5) is 5.82 Å². The van der Waals surface area contributed by atoms with E-state index in [2.05, 4.69) is 16.8 Å². The molecule has 1 aromatic rings. The molecule has 0 unspecified atom stereocenters. The van der Waals surface area contributed by atoms with Crippen LogP contribution in [0.3, 0.4) is 0 Å². The van der Waals surface area contributed by atoms with Gasteiger partial charge in [0.1, 0.15) is 5.82 Å². The molecule has 3 N–H and O–H groups in total. The smallest absolute Gasteiger partial charge is 0.133 e. The van der Waals surface area contributed by atoms with Crippen LogP contribution in [0.1, 0.15) is 32.0 Å². The molecule has 0 fully saturated rings. The van der Waals surface area contributed by atoms with Gasteiger partial charge >= 0.3 is 0 Å². The minimum Gasteiger partial charge on any atom is -0.389 e. The molecule has 1 heterocycles. The van der Waals surface area contributed by atoms with Crippen LogP contribution in [0.15, 0.2) is 12.1 Å². The van der Waals surface area contributed by atoms with Crippen molar-refractivity contribution in [3.8, 4) is 0 Å². The molecular formula is C13H23N3O. The average Bonchev–Trinajstić information content (AvgIpc) is 2.24. The number of anilines is 1. The summed E-state index contributed by atoms with van der Waals surface area (Å²) >= 11 is 0. The Morgan fingerprint density at radius 3 is 2.53 bits per heavy atom. The third-order valence-electron chi connectivity index (χ3n) is 2.57. The van der Waals surface area contributed by atoms with Gasteiger partial charge in [-0.2, -0.15) is 0 Å². The fourth-order valence-electron chi connectivity index (χ4n) is 1.81. The molecule has 0 aliphatic rings. The highest BCUT2D eigenvalue weighted by molar-refractivity contribution is 5.48. The zero-order valence-corrected chi connectivity index (χ0v) is 11.2. The highest BCUT2D eigenvalue weighted by atomic mass is 16.3. The van der Waals surface area contributed by atoms with E-state index in [0.717, 1.165) is 23.6 Å². The predicted octanol–water partition coefficient (Wildman–Crippen LogP) is 1.45. The van der Waals surface area contributed by atoms with Gasteiger partial charge in [-0.25, -0.2) is 4.98 Å². The number of aromatic nitrogens is 1. The van der Waals surface area contributed by atoms with E-state index in [1.54, 1.807) is 13.8 Å². The Labute approximate surface area is 103 Å². The predicted molar refractivity (Wildman–Crippen MR) is 71.1 cm³/mol. The van der Waals surface area contributed by atoms with Crippen molar-refractivity contribution in [1.82, 2.24) is 4.98 Å². The first-order valence-electron chi connectivity index (χ1n) is 6.01. The summed E-state index contributed by atoms with van der Waals surface area (Å²) in [6.07, 6.45) is 0. The Balaban J connectivity index is 3.06. The van der Waals surface area contributed by atoms with Crippen molar-refractivity contribution in [2.75, 3.05) is 18.0 Å². The minimum absolute atomic E-state index is 0.463. The molecule has 4 heteroatoms. The van der Waals surface area contributed by atoms with E-state index in [-0.39, 0.29) is 0 Å². The van der Waals surface area contributed by atoms with Crippen molar-refractivity contribution in [2.24, 2.45) is 5.73 Å². The van der Waals surface area contributed by atoms with Gasteiger partial charge in [-0.05, 0) is 33.8 Å². The third kappa shape index (κ3) is 3.98. The van der Waals surface area contributed by atoms with Crippen LogP contribution >= 0.6 is 0 Å². The molecule has 17 heavy (non-hydrogen) atoms. The lowest BCUT2D eigenvalue weighted by Gasteiger charge is -2.30. The van der Waals surface area contributed by atoms with Gasteiger partial charge in [0.2, 0.25) is 0 Å². The monoisotopic (exact) mass is 237 g/mol. The molecule has 0 aliphatic carbocycles. The SMILES string of the molecule is CCN(CC(C)(C)O)c1nc(C)ccc1CN. The lowest BCUT2D eigenvalue weighted by atomic mass is 10.1. The number of rotatable bonds is 5. The van der Waals surface area contributed by atoms with Crippen LogP contribution in [0.2, 0.25) is 0 Å². The number of pyridine rings is 1. The zero-order valence-electron chi connectivity index (χ0n) is 11.2. The Hall–Kier alpha value is -1.13. The number of nitrogens with zero attached hydrogens (tertiary/aromatic N) is 2. The molecule has 0 aliphatic heterocycles. The van der Waals surface area contributed by atoms with Crippen molar-refractivity contribution in [1.29, 1.82) is 0 Å². The van der Waals surface area contributed by atoms with Gasteiger partial charge in [0.05, 0.1) is 5.60 Å². The first-order valence-corrected chi connectivity index (χ1v) is 6.01. The Bertz CT molecular complexity index is 371. The van der Waals surface area contributed by atoms with Crippen molar-refractivity contribution in [3.05, 3.63) is 23.4 Å². The molecule has 96 valence electrons. The van der Waals surface area contributed by atoms with E-state index in [0.29, 0.717) is 13.1 Å². The van der Waals surface area contributed by atoms with E-state index in [1.165, 1.54) is 0 Å². The molecule has 0 saturated heterocycles. The van der Waals surface area contributed by atoms with Gasteiger partial charge < -0.3 is 15.7 Å². The van der Waals surface area contributed by atoms with Crippen molar-refractivity contribution in [3.63, 3.8) is 0 Å². The van der Waals surface area contributed by atoms with E-state index in [1.807, 2.05) is 19.1 Å². The summed E-state index contributed by atoms with van der Waals surface area (Å²) in [5, 5.41) is 9.91. The zero-order chi connectivity index (χ0) is 13.1. The van der Waals surface area contributed by atoms with E-state index in [4.69, 9.17) is 5.73 Å². The van der Waals surface area contributed by atoms with E-state index < -0.39 is 5.60 Å². The van der Waals surface area contributed by atoms with Crippen LogP contribution in [0.25, 0.3) is 0 Å². The second-order valence-corrected chi connectivity index (χ2v) is 4.97. The van der Waals surface area contributed by atoms with Crippen LogP contribution < -0.4 is 10.6 Å². The van der Waals surface area contributed by atoms with Gasteiger partial charge in [0.15, 0.2) is 0 Å². The largest absolute Gasteiger partial charge is 0.389 e. The summed E-state index contributed by atoms with van der Waals surface area (Å²) < 4.78 is 0. The second-order valence-electron chi connectivity index (χ2n) is 4.97. The average molecular weight is 237 g/mol. The molecule has 4 nitrogen and oxygen atoms in total. The summed E-state index contributed by atoms with van der Waals surface area (Å²) in [7, 11) is 0. The topological polar surface area (TPSA) is 62.4 Å². The molecule has 0 atom stereocenters. The number of aliphatic hydroxyl groups is 1. The first-order chi connectivity index (χ1) is 7.87. The number of aryl methyl sites for hydroxylation is 1. The molecule has 1 aromatic heterocycles. The maximum absolute atomic E-state index is 9.91. The fraction of sp³-hybridized carbons (Fsp3) is 0.615. The molecular weight excluding hydrogens is 214 g/mol. The number of nitrogens with two attached hydrogens (primary N) is 1. The quantitative estimate of drug-likeness (QED) is 0.813. The number of hydrogen-bond acceptors (Lipinski definition) is 4. The third-order valence-corrected chi connectivity index (χ3v) is 2.57. The van der Waals surface area contributed by atoms with Crippen molar-refractivity contribution >= 4 is 5.82 Å². The summed E-state index contributed by atoms with van der Waals surface area (Å²) in [6.45, 7) is 9.42. The van der Waals surface area contributed by atoms with Gasteiger partial charge in [-0.3, -0.25) is 0 Å². The minimum atomic E-state index is -0.743. The summed E-state index contributed by atoms with van der Waals surface area (Å²) in [6, 6.07) is 3.97. The Morgan fingerprint density at radius 2 is 2.06 bits per heavy atom. The fourth-order valence-corrected chi connectivity index (χ4v) is 1.81. The summed E-state index contributed by atoms with van der Waals surface area (Å²) in [5.74, 6) is 0.886. The lowest BCUT2D eigenvalue weighted by Crippen LogP contribution is -2.39. The molecule has 1 rings (SSSR count). The Kier molecular flexibility index (Phi) is 4.48. The highest BCUT2D eigenvalue weighted by Gasteiger charge is 2.20. The molecule has 0 saturated carbocycles. The molecule has 0 amide bonds. The van der Waals surface area contributed by atoms with Gasteiger partial charge in [0, 0.05) is 30.9 Å². The lowest BCUT2D eigenvalue weighted by molar-refractivity contribution is 0.0874. The van der Waals surface area contributed by atoms with E-state index in [9.17, 15) is 5.11 Å². The molecule has 0 aromatic carbocycles. The molecule has 0 bridgehead atoms. The summed E-state index contributed by atoms with van der Waals surface area (Å²) in [4.78, 5) is 6.60. The van der Waals surface area contributed by atoms with E-state index >= 15 is 0 Å². The van der Waals surface area contributed by atoms with Crippen molar-refractivity contribution < 1.29 is 5.11 Å². The molecule has 0 radical (unpaired) electrons. The van der Waals surface area contributed by atoms with Crippen molar-refractivity contribution in [2.45, 2.75) is 39.8 Å². The second kappa shape index (κ2) is 5.47. The standard InChI is InChI=1S/C13H23N3O/c1-5-16(9-13(3,4)17)12-11(8-14)7-6-10(2)15-12/h6-7,17H,5,8-9,14H2,1-4H3. The number of likely N-dealkylation sites (N-methyl/N-ethyl adjacent to an activating group) is 1. The number of hydrogen-bond donors (Lipinski definition) is 2. The van der Waals surface area contributed by atoms with Crippen LogP contribution in [0, 0.1) is 6.92 Å². The van der Waals surface area contributed by atoms with Crippen LogP contribution in [-0.4, -0.2) is 28.8 Å². The van der Waals surface area contributed by atoms with Crippen LogP contribution in [-0.2, 0) is 6.54 Å². The first kappa shape index (κ1) is 13.9. The van der Waals surface area contributed by atoms with Gasteiger partial charge in [0.25, 0.3) is 0 Å². The van der Waals surface area contributed by atoms with Gasteiger partial charge in [-0.1, -0.05) is 6.07 Å². The van der Waals surface area contributed by atoms with Gasteiger partial charge in [-0.15, -0.1) is 0 Å².